The van der Waals surface area contributed by atoms with Crippen molar-refractivity contribution in [1.82, 2.24) is 4.90 Å². The molecule has 1 fully saturated rings. The summed E-state index contributed by atoms with van der Waals surface area (Å²) in [7, 11) is 0. The van der Waals surface area contributed by atoms with Gasteiger partial charge in [-0.2, -0.15) is 0 Å². The second-order valence-corrected chi connectivity index (χ2v) is 5.19. The summed E-state index contributed by atoms with van der Waals surface area (Å²) in [6.45, 7) is 5.21. The normalized spacial score (nSPS) is 21.5. The van der Waals surface area contributed by atoms with E-state index in [1.165, 1.54) is 19.3 Å². The van der Waals surface area contributed by atoms with Crippen LogP contribution in [0.5, 0.6) is 0 Å². The molecule has 2 heterocycles. The molecule has 2 rings (SSSR count). The molecule has 0 saturated carbocycles. The molecule has 1 aliphatic rings. The number of aliphatic hydroxyl groups excluding tert-OH is 1. The average molecular weight is 267 g/mol. The molecule has 0 aliphatic carbocycles. The van der Waals surface area contributed by atoms with E-state index in [2.05, 4.69) is 11.0 Å². The van der Waals surface area contributed by atoms with Gasteiger partial charge >= 0.3 is 0 Å². The van der Waals surface area contributed by atoms with Crippen molar-refractivity contribution >= 4 is 0 Å². The highest BCUT2D eigenvalue weighted by atomic mass is 16.5. The van der Waals surface area contributed by atoms with Gasteiger partial charge in [0.05, 0.1) is 25.9 Å². The lowest BCUT2D eigenvalue weighted by molar-refractivity contribution is 0.0601. The largest absolute Gasteiger partial charge is 0.465 e. The zero-order chi connectivity index (χ0) is 13.5. The fraction of sp³-hybridized carbons (Fsp3) is 0.733. The van der Waals surface area contributed by atoms with Crippen molar-refractivity contribution in [2.24, 2.45) is 0 Å². The maximum atomic E-state index is 8.73. The van der Waals surface area contributed by atoms with Crippen molar-refractivity contribution in [3.8, 4) is 0 Å². The smallest absolute Gasteiger partial charge is 0.121 e. The maximum absolute atomic E-state index is 8.73. The Bertz CT molecular complexity index is 364. The number of rotatable bonds is 6. The summed E-state index contributed by atoms with van der Waals surface area (Å²) < 4.78 is 11.2. The molecule has 1 aliphatic heterocycles. The molecule has 0 radical (unpaired) electrons. The average Bonchev–Trinajstić information content (AvgIpc) is 2.71. The first-order valence-corrected chi connectivity index (χ1v) is 7.30. The van der Waals surface area contributed by atoms with Crippen LogP contribution in [0.25, 0.3) is 0 Å². The van der Waals surface area contributed by atoms with Gasteiger partial charge in [-0.3, -0.25) is 4.90 Å². The lowest BCUT2D eigenvalue weighted by atomic mass is 10.1. The zero-order valence-electron chi connectivity index (χ0n) is 11.8. The van der Waals surface area contributed by atoms with Gasteiger partial charge in [0.25, 0.3) is 0 Å². The minimum atomic E-state index is 0.0980. The highest BCUT2D eigenvalue weighted by Gasteiger charge is 2.24. The summed E-state index contributed by atoms with van der Waals surface area (Å²) in [6, 6.07) is 4.53. The van der Waals surface area contributed by atoms with Gasteiger partial charge in [-0.1, -0.05) is 12.8 Å². The topological polar surface area (TPSA) is 45.8 Å². The number of hydrogen-bond donors (Lipinski definition) is 1. The van der Waals surface area contributed by atoms with Crippen LogP contribution < -0.4 is 0 Å². The first-order valence-electron chi connectivity index (χ1n) is 7.30. The van der Waals surface area contributed by atoms with Crippen LogP contribution in [-0.4, -0.2) is 42.9 Å². The number of aryl methyl sites for hydroxylation is 1. The third-order valence-electron chi connectivity index (χ3n) is 3.71. The second-order valence-electron chi connectivity index (χ2n) is 5.19. The third-order valence-corrected chi connectivity index (χ3v) is 3.71. The molecule has 19 heavy (non-hydrogen) atoms. The van der Waals surface area contributed by atoms with Crippen molar-refractivity contribution in [3.05, 3.63) is 23.7 Å². The first-order chi connectivity index (χ1) is 9.31. The third kappa shape index (κ3) is 4.34. The van der Waals surface area contributed by atoms with E-state index in [1.54, 1.807) is 0 Å². The predicted molar refractivity (Wildman–Crippen MR) is 74.1 cm³/mol. The van der Waals surface area contributed by atoms with Crippen LogP contribution in [0.1, 0.15) is 43.2 Å². The van der Waals surface area contributed by atoms with E-state index in [9.17, 15) is 0 Å². The van der Waals surface area contributed by atoms with Gasteiger partial charge < -0.3 is 14.3 Å². The van der Waals surface area contributed by atoms with Crippen LogP contribution in [0.3, 0.4) is 0 Å². The van der Waals surface area contributed by atoms with E-state index >= 15 is 0 Å². The van der Waals surface area contributed by atoms with E-state index in [1.807, 2.05) is 13.0 Å². The molecule has 1 atom stereocenters. The lowest BCUT2D eigenvalue weighted by Crippen LogP contribution is -2.31. The molecule has 108 valence electrons. The van der Waals surface area contributed by atoms with Crippen molar-refractivity contribution in [1.29, 1.82) is 0 Å². The summed E-state index contributed by atoms with van der Waals surface area (Å²) in [6.07, 6.45) is 4.96. The lowest BCUT2D eigenvalue weighted by Gasteiger charge is -2.28. The number of aliphatic hydroxyl groups is 1. The Morgan fingerprint density at radius 1 is 1.32 bits per heavy atom. The predicted octanol–water partition coefficient (Wildman–Crippen LogP) is 2.51. The highest BCUT2D eigenvalue weighted by molar-refractivity contribution is 5.10. The van der Waals surface area contributed by atoms with Crippen LogP contribution in [0.4, 0.5) is 0 Å². The SMILES string of the molecule is Cc1ccc(C2CCCCCN2CCOCCO)o1. The minimum absolute atomic E-state index is 0.0980. The number of ether oxygens (including phenoxy) is 1. The molecule has 1 saturated heterocycles. The zero-order valence-corrected chi connectivity index (χ0v) is 11.8. The van der Waals surface area contributed by atoms with Gasteiger partial charge in [-0.15, -0.1) is 0 Å². The van der Waals surface area contributed by atoms with Crippen LogP contribution in [0, 0.1) is 6.92 Å². The first kappa shape index (κ1) is 14.6. The van der Waals surface area contributed by atoms with Gasteiger partial charge in [0, 0.05) is 6.54 Å². The number of furan rings is 1. The maximum Gasteiger partial charge on any atom is 0.121 e. The second kappa shape index (κ2) is 7.68. The van der Waals surface area contributed by atoms with E-state index < -0.39 is 0 Å². The molecule has 4 heteroatoms. The molecular weight excluding hydrogens is 242 g/mol. The van der Waals surface area contributed by atoms with Gasteiger partial charge in [0.1, 0.15) is 11.5 Å². The standard InChI is InChI=1S/C15H25NO3/c1-13-6-7-15(19-13)14-5-3-2-4-8-16(14)9-11-18-12-10-17/h6-7,14,17H,2-5,8-12H2,1H3. The van der Waals surface area contributed by atoms with Crippen molar-refractivity contribution in [3.63, 3.8) is 0 Å². The van der Waals surface area contributed by atoms with E-state index in [0.29, 0.717) is 19.3 Å². The molecule has 4 nitrogen and oxygen atoms in total. The van der Waals surface area contributed by atoms with Crippen LogP contribution in [0.2, 0.25) is 0 Å². The summed E-state index contributed by atoms with van der Waals surface area (Å²) in [4.78, 5) is 2.46. The Morgan fingerprint density at radius 2 is 2.21 bits per heavy atom. The molecular formula is C15H25NO3. The number of hydrogen-bond acceptors (Lipinski definition) is 4. The van der Waals surface area contributed by atoms with Crippen LogP contribution >= 0.6 is 0 Å². The Hall–Kier alpha value is -0.840. The van der Waals surface area contributed by atoms with Gasteiger partial charge in [0.15, 0.2) is 0 Å². The summed E-state index contributed by atoms with van der Waals surface area (Å²) in [5.74, 6) is 2.07. The molecule has 1 aromatic heterocycles. The highest BCUT2D eigenvalue weighted by Crippen LogP contribution is 2.30. The van der Waals surface area contributed by atoms with E-state index in [0.717, 1.165) is 31.0 Å². The Balaban J connectivity index is 1.95. The molecule has 0 spiro atoms. The molecule has 1 aromatic rings. The van der Waals surface area contributed by atoms with Crippen molar-refractivity contribution in [2.45, 2.75) is 38.6 Å². The minimum Gasteiger partial charge on any atom is -0.465 e. The molecule has 0 aromatic carbocycles. The summed E-state index contributed by atoms with van der Waals surface area (Å²) >= 11 is 0. The van der Waals surface area contributed by atoms with Crippen LogP contribution in [0.15, 0.2) is 16.5 Å². The molecule has 0 bridgehead atoms. The Kier molecular flexibility index (Phi) is 5.89. The summed E-state index contributed by atoms with van der Waals surface area (Å²) in [5, 5.41) is 8.73. The van der Waals surface area contributed by atoms with Crippen molar-refractivity contribution < 1.29 is 14.3 Å². The molecule has 1 unspecified atom stereocenters. The molecule has 1 N–H and O–H groups in total. The number of nitrogens with zero attached hydrogens (tertiary/aromatic N) is 1. The fourth-order valence-corrected chi connectivity index (χ4v) is 2.74. The quantitative estimate of drug-likeness (QED) is 0.804. The van der Waals surface area contributed by atoms with Crippen LogP contribution in [-0.2, 0) is 4.74 Å². The Labute approximate surface area is 115 Å². The molecule has 0 amide bonds. The Morgan fingerprint density at radius 3 is 2.95 bits per heavy atom. The van der Waals surface area contributed by atoms with Crippen molar-refractivity contribution in [2.75, 3.05) is 32.9 Å². The van der Waals surface area contributed by atoms with Gasteiger partial charge in [-0.25, -0.2) is 0 Å². The fourth-order valence-electron chi connectivity index (χ4n) is 2.74. The number of likely N-dealkylation sites (tertiary alicyclic amines) is 1. The van der Waals surface area contributed by atoms with E-state index in [4.69, 9.17) is 14.3 Å². The van der Waals surface area contributed by atoms with Gasteiger partial charge in [0.2, 0.25) is 0 Å². The summed E-state index contributed by atoms with van der Waals surface area (Å²) in [5.41, 5.74) is 0. The van der Waals surface area contributed by atoms with Gasteiger partial charge in [-0.05, 0) is 38.4 Å². The van der Waals surface area contributed by atoms with E-state index in [-0.39, 0.29) is 6.61 Å². The monoisotopic (exact) mass is 267 g/mol.